The summed E-state index contributed by atoms with van der Waals surface area (Å²) in [6, 6.07) is 4.12. The largest absolute Gasteiger partial charge is 0.504 e. The lowest BCUT2D eigenvalue weighted by atomic mass is 10.1. The van der Waals surface area contributed by atoms with Crippen LogP contribution in [-0.4, -0.2) is 38.1 Å². The van der Waals surface area contributed by atoms with Crippen LogP contribution in [0.1, 0.15) is 0 Å². The van der Waals surface area contributed by atoms with Crippen LogP contribution in [0.4, 0.5) is 5.69 Å². The van der Waals surface area contributed by atoms with E-state index >= 15 is 0 Å². The minimum atomic E-state index is -4.78. The lowest BCUT2D eigenvalue weighted by Gasteiger charge is -2.09. The van der Waals surface area contributed by atoms with Crippen LogP contribution in [0.25, 0.3) is 10.8 Å². The molecule has 2 rings (SSSR count). The van der Waals surface area contributed by atoms with Crippen LogP contribution in [0.5, 0.6) is 5.75 Å². The highest BCUT2D eigenvalue weighted by Crippen LogP contribution is 2.41. The lowest BCUT2D eigenvalue weighted by Crippen LogP contribution is -2.00. The summed E-state index contributed by atoms with van der Waals surface area (Å²) in [5.74, 6) is -0.819. The van der Waals surface area contributed by atoms with Crippen molar-refractivity contribution < 1.29 is 31.0 Å². The van der Waals surface area contributed by atoms with Gasteiger partial charge in [-0.15, -0.1) is 0 Å². The minimum absolute atomic E-state index is 0.0166. The Morgan fingerprint density at radius 2 is 1.64 bits per heavy atom. The third kappa shape index (κ3) is 2.92. The summed E-state index contributed by atoms with van der Waals surface area (Å²) in [5.41, 5.74) is -0.255. The number of fused-ring (bicyclic) bond motifs is 1. The van der Waals surface area contributed by atoms with Crippen molar-refractivity contribution >= 4 is 36.7 Å². The van der Waals surface area contributed by atoms with Gasteiger partial charge in [0.1, 0.15) is 10.6 Å². The van der Waals surface area contributed by atoms with Crippen LogP contribution in [-0.2, 0) is 20.2 Å². The van der Waals surface area contributed by atoms with Crippen molar-refractivity contribution in [2.45, 2.75) is 9.79 Å². The monoisotopic (exact) mass is 346 g/mol. The van der Waals surface area contributed by atoms with E-state index in [1.54, 1.807) is 0 Å². The number of hydrogen-bond donors (Lipinski definition) is 3. The molecule has 0 heterocycles. The van der Waals surface area contributed by atoms with Crippen LogP contribution in [0.15, 0.2) is 44.3 Å². The fourth-order valence-electron chi connectivity index (χ4n) is 1.89. The molecule has 0 spiro atoms. The van der Waals surface area contributed by atoms with E-state index in [9.17, 15) is 21.9 Å². The molecule has 118 valence electrons. The van der Waals surface area contributed by atoms with Crippen molar-refractivity contribution in [2.75, 3.05) is 7.05 Å². The Kier molecular flexibility index (Phi) is 3.91. The van der Waals surface area contributed by atoms with Crippen molar-refractivity contribution in [2.24, 2.45) is 10.2 Å². The van der Waals surface area contributed by atoms with Crippen molar-refractivity contribution in [3.05, 3.63) is 24.3 Å². The van der Waals surface area contributed by atoms with Crippen LogP contribution in [0.3, 0.4) is 0 Å². The predicted molar refractivity (Wildman–Crippen MR) is 75.7 cm³/mol. The first-order valence-electron chi connectivity index (χ1n) is 5.60. The summed E-state index contributed by atoms with van der Waals surface area (Å²) >= 11 is 0. The van der Waals surface area contributed by atoms with E-state index in [1.165, 1.54) is 13.1 Å². The second-order valence-electron chi connectivity index (χ2n) is 4.20. The maximum absolute atomic E-state index is 11.3. The molecule has 0 radical (unpaired) electrons. The van der Waals surface area contributed by atoms with Gasteiger partial charge in [-0.1, -0.05) is 6.07 Å². The molecule has 0 amide bonds. The molecule has 0 bridgehead atoms. The molecule has 0 aliphatic carbocycles. The van der Waals surface area contributed by atoms with Gasteiger partial charge in [0.15, 0.2) is 5.75 Å². The quantitative estimate of drug-likeness (QED) is 0.565. The van der Waals surface area contributed by atoms with Crippen LogP contribution in [0.2, 0.25) is 0 Å². The van der Waals surface area contributed by atoms with E-state index < -0.39 is 35.8 Å². The zero-order chi connectivity index (χ0) is 16.7. The zero-order valence-electron chi connectivity index (χ0n) is 11.0. The molecule has 0 unspecified atom stereocenters. The summed E-state index contributed by atoms with van der Waals surface area (Å²) in [7, 11) is -8.01. The van der Waals surface area contributed by atoms with E-state index in [0.717, 1.165) is 18.2 Å². The molecular formula is C11H10N2O7S2. The molecule has 0 atom stereocenters. The van der Waals surface area contributed by atoms with Gasteiger partial charge in [0, 0.05) is 12.4 Å². The smallest absolute Gasteiger partial charge is 0.298 e. The molecule has 0 saturated heterocycles. The molecule has 9 nitrogen and oxygen atoms in total. The first kappa shape index (κ1) is 16.3. The first-order chi connectivity index (χ1) is 10.1. The van der Waals surface area contributed by atoms with Crippen molar-refractivity contribution in [1.82, 2.24) is 0 Å². The average Bonchev–Trinajstić information content (AvgIpc) is 2.38. The highest BCUT2D eigenvalue weighted by molar-refractivity contribution is 7.86. The van der Waals surface area contributed by atoms with E-state index in [1.807, 2.05) is 0 Å². The molecule has 0 aromatic heterocycles. The second kappa shape index (κ2) is 5.28. The third-order valence-corrected chi connectivity index (χ3v) is 4.51. The molecule has 0 aliphatic heterocycles. The number of phenolic OH excluding ortho intramolecular Hbond substituents is 1. The molecule has 2 aromatic carbocycles. The molecule has 11 heteroatoms. The minimum Gasteiger partial charge on any atom is -0.504 e. The Labute approximate surface area is 125 Å². The third-order valence-electron chi connectivity index (χ3n) is 2.80. The highest BCUT2D eigenvalue weighted by atomic mass is 32.2. The van der Waals surface area contributed by atoms with E-state index in [-0.39, 0.29) is 16.5 Å². The molecule has 22 heavy (non-hydrogen) atoms. The van der Waals surface area contributed by atoms with Gasteiger partial charge in [0.2, 0.25) is 0 Å². The van der Waals surface area contributed by atoms with Crippen LogP contribution in [0, 0.1) is 0 Å². The topological polar surface area (TPSA) is 154 Å². The SMILES string of the molecule is CN=Nc1c(O)c(S(=O)(=O)O)cc2cc(S(=O)(=O)O)ccc12. The number of benzene rings is 2. The summed E-state index contributed by atoms with van der Waals surface area (Å²) < 4.78 is 63.0. The predicted octanol–water partition coefficient (Wildman–Crippen LogP) is 1.75. The van der Waals surface area contributed by atoms with Crippen molar-refractivity contribution in [3.63, 3.8) is 0 Å². The van der Waals surface area contributed by atoms with Gasteiger partial charge in [-0.3, -0.25) is 9.11 Å². The van der Waals surface area contributed by atoms with Crippen molar-refractivity contribution in [1.29, 1.82) is 0 Å². The van der Waals surface area contributed by atoms with E-state index in [0.29, 0.717) is 0 Å². The number of azo groups is 1. The number of phenols is 1. The number of aromatic hydroxyl groups is 1. The van der Waals surface area contributed by atoms with E-state index in [2.05, 4.69) is 10.2 Å². The Bertz CT molecular complexity index is 995. The molecule has 0 saturated carbocycles. The molecular weight excluding hydrogens is 336 g/mol. The lowest BCUT2D eigenvalue weighted by molar-refractivity contribution is 0.445. The Balaban J connectivity index is 3.00. The fraction of sp³-hybridized carbons (Fsp3) is 0.0909. The molecule has 2 aromatic rings. The molecule has 0 fully saturated rings. The maximum atomic E-state index is 11.3. The van der Waals surface area contributed by atoms with Gasteiger partial charge < -0.3 is 5.11 Å². The zero-order valence-corrected chi connectivity index (χ0v) is 12.6. The van der Waals surface area contributed by atoms with Crippen LogP contribution < -0.4 is 0 Å². The average molecular weight is 346 g/mol. The van der Waals surface area contributed by atoms with Crippen LogP contribution >= 0.6 is 0 Å². The van der Waals surface area contributed by atoms with Gasteiger partial charge in [0.05, 0.1) is 4.90 Å². The van der Waals surface area contributed by atoms with E-state index in [4.69, 9.17) is 9.11 Å². The second-order valence-corrected chi connectivity index (χ2v) is 7.02. The number of hydrogen-bond acceptors (Lipinski definition) is 7. The highest BCUT2D eigenvalue weighted by Gasteiger charge is 2.22. The maximum Gasteiger partial charge on any atom is 0.298 e. The van der Waals surface area contributed by atoms with Gasteiger partial charge in [-0.05, 0) is 23.6 Å². The number of nitrogens with zero attached hydrogens (tertiary/aromatic N) is 2. The summed E-state index contributed by atoms with van der Waals surface area (Å²) in [4.78, 5) is -1.33. The standard InChI is InChI=1S/C11H10N2O7S2/c1-12-13-10-8-3-2-7(21(15,16)17)4-6(8)5-9(11(10)14)22(18,19)20/h2-5,14H,1H3,(H,15,16,17)(H,18,19,20). The Hall–Kier alpha value is -2.08. The van der Waals surface area contributed by atoms with Gasteiger partial charge in [0.25, 0.3) is 20.2 Å². The van der Waals surface area contributed by atoms with Crippen molar-refractivity contribution in [3.8, 4) is 5.75 Å². The first-order valence-corrected chi connectivity index (χ1v) is 8.48. The molecule has 0 aliphatic rings. The van der Waals surface area contributed by atoms with Gasteiger partial charge in [-0.2, -0.15) is 27.1 Å². The fourth-order valence-corrected chi connectivity index (χ4v) is 3.02. The normalized spacial score (nSPS) is 13.0. The Morgan fingerprint density at radius 1 is 1.00 bits per heavy atom. The molecule has 3 N–H and O–H groups in total. The van der Waals surface area contributed by atoms with Gasteiger partial charge in [-0.25, -0.2) is 0 Å². The summed E-state index contributed by atoms with van der Waals surface area (Å²) in [6.07, 6.45) is 0. The Morgan fingerprint density at radius 3 is 2.14 bits per heavy atom. The summed E-state index contributed by atoms with van der Waals surface area (Å²) in [5, 5.41) is 17.1. The number of rotatable bonds is 3. The van der Waals surface area contributed by atoms with Gasteiger partial charge >= 0.3 is 0 Å². The summed E-state index contributed by atoms with van der Waals surface area (Å²) in [6.45, 7) is 0.